The van der Waals surface area contributed by atoms with Crippen LogP contribution in [0.25, 0.3) is 4.96 Å². The van der Waals surface area contributed by atoms with Crippen LogP contribution in [0.1, 0.15) is 32.2 Å². The molecule has 0 aliphatic carbocycles. The lowest BCUT2D eigenvalue weighted by molar-refractivity contribution is -0.123. The lowest BCUT2D eigenvalue weighted by atomic mass is 10.2. The molecular formula is C13H20N4OS. The second-order valence-corrected chi connectivity index (χ2v) is 5.84. The highest BCUT2D eigenvalue weighted by molar-refractivity contribution is 7.15. The second kappa shape index (κ2) is 5.71. The van der Waals surface area contributed by atoms with Gasteiger partial charge in [-0.1, -0.05) is 0 Å². The normalized spacial score (nSPS) is 13.1. The molecule has 5 nitrogen and oxygen atoms in total. The Morgan fingerprint density at radius 2 is 2.21 bits per heavy atom. The third kappa shape index (κ3) is 3.13. The maximum absolute atomic E-state index is 11.8. The Bertz CT molecular complexity index is 572. The van der Waals surface area contributed by atoms with E-state index in [2.05, 4.69) is 20.0 Å². The summed E-state index contributed by atoms with van der Waals surface area (Å²) in [6.07, 6.45) is 2.01. The Hall–Kier alpha value is -1.40. The monoisotopic (exact) mass is 280 g/mol. The van der Waals surface area contributed by atoms with E-state index in [0.717, 1.165) is 16.3 Å². The fourth-order valence-corrected chi connectivity index (χ4v) is 2.68. The first-order valence-corrected chi connectivity index (χ1v) is 7.31. The summed E-state index contributed by atoms with van der Waals surface area (Å²) in [4.78, 5) is 17.3. The summed E-state index contributed by atoms with van der Waals surface area (Å²) in [7, 11) is 0. The van der Waals surface area contributed by atoms with Crippen LogP contribution in [0.3, 0.4) is 0 Å². The molecule has 2 N–H and O–H groups in total. The van der Waals surface area contributed by atoms with E-state index >= 15 is 0 Å². The first kappa shape index (κ1) is 14.0. The van der Waals surface area contributed by atoms with Gasteiger partial charge in [-0.2, -0.15) is 0 Å². The summed E-state index contributed by atoms with van der Waals surface area (Å²) in [5, 5.41) is 8.16. The summed E-state index contributed by atoms with van der Waals surface area (Å²) >= 11 is 1.62. The lowest BCUT2D eigenvalue weighted by Gasteiger charge is -2.16. The second-order valence-electron chi connectivity index (χ2n) is 4.97. The van der Waals surface area contributed by atoms with Crippen LogP contribution >= 0.6 is 11.3 Å². The molecule has 19 heavy (non-hydrogen) atoms. The molecule has 2 aromatic rings. The number of nitrogens with zero attached hydrogens (tertiary/aromatic N) is 2. The first-order valence-electron chi connectivity index (χ1n) is 6.44. The van der Waals surface area contributed by atoms with Gasteiger partial charge in [-0.3, -0.25) is 9.20 Å². The summed E-state index contributed by atoms with van der Waals surface area (Å²) in [5.74, 6) is 0.0266. The van der Waals surface area contributed by atoms with Crippen LogP contribution in [0, 0.1) is 6.92 Å². The molecular weight excluding hydrogens is 260 g/mol. The Labute approximate surface area is 117 Å². The molecule has 6 heteroatoms. The minimum Gasteiger partial charge on any atom is -0.353 e. The molecule has 0 radical (unpaired) electrons. The number of rotatable bonds is 5. The molecule has 0 aliphatic rings. The fourth-order valence-electron chi connectivity index (χ4n) is 1.91. The van der Waals surface area contributed by atoms with Crippen molar-refractivity contribution >= 4 is 22.2 Å². The van der Waals surface area contributed by atoms with Crippen LogP contribution < -0.4 is 10.6 Å². The third-order valence-electron chi connectivity index (χ3n) is 2.96. The van der Waals surface area contributed by atoms with Crippen molar-refractivity contribution in [2.45, 2.75) is 46.3 Å². The molecule has 2 aromatic heterocycles. The number of aryl methyl sites for hydroxylation is 1. The van der Waals surface area contributed by atoms with Gasteiger partial charge in [-0.15, -0.1) is 11.3 Å². The van der Waals surface area contributed by atoms with E-state index < -0.39 is 0 Å². The zero-order valence-electron chi connectivity index (χ0n) is 11.7. The van der Waals surface area contributed by atoms with E-state index in [-0.39, 0.29) is 18.0 Å². The summed E-state index contributed by atoms with van der Waals surface area (Å²) in [6.45, 7) is 8.42. The molecule has 0 saturated heterocycles. The number of hydrogen-bond donors (Lipinski definition) is 2. The van der Waals surface area contributed by atoms with E-state index in [1.165, 1.54) is 0 Å². The van der Waals surface area contributed by atoms with Crippen LogP contribution in [0.15, 0.2) is 11.6 Å². The number of hydrogen-bond acceptors (Lipinski definition) is 4. The van der Waals surface area contributed by atoms with Crippen molar-refractivity contribution in [2.75, 3.05) is 0 Å². The van der Waals surface area contributed by atoms with E-state index in [1.54, 1.807) is 11.3 Å². The van der Waals surface area contributed by atoms with Gasteiger partial charge in [-0.05, 0) is 27.7 Å². The highest BCUT2D eigenvalue weighted by Gasteiger charge is 2.15. The van der Waals surface area contributed by atoms with Gasteiger partial charge in [0.15, 0.2) is 4.96 Å². The van der Waals surface area contributed by atoms with Crippen LogP contribution in [0.5, 0.6) is 0 Å². The molecule has 2 rings (SSSR count). The maximum Gasteiger partial charge on any atom is 0.237 e. The highest BCUT2D eigenvalue weighted by Crippen LogP contribution is 2.16. The standard InChI is InChI=1S/C13H20N4OS/c1-8(2)15-12(18)10(4)14-7-11-9(3)16-13-17(11)5-6-19-13/h5-6,8,10,14H,7H2,1-4H3,(H,15,18). The number of thiazole rings is 1. The topological polar surface area (TPSA) is 58.4 Å². The van der Waals surface area contributed by atoms with Crippen molar-refractivity contribution in [3.05, 3.63) is 23.0 Å². The summed E-state index contributed by atoms with van der Waals surface area (Å²) < 4.78 is 2.07. The number of carbonyl (C=O) groups is 1. The van der Waals surface area contributed by atoms with E-state index in [9.17, 15) is 4.79 Å². The Morgan fingerprint density at radius 1 is 1.47 bits per heavy atom. The van der Waals surface area contributed by atoms with E-state index in [1.807, 2.05) is 39.3 Å². The summed E-state index contributed by atoms with van der Waals surface area (Å²) in [5.41, 5.74) is 2.12. The van der Waals surface area contributed by atoms with Crippen molar-refractivity contribution < 1.29 is 4.79 Å². The zero-order valence-corrected chi connectivity index (χ0v) is 12.5. The molecule has 0 bridgehead atoms. The largest absolute Gasteiger partial charge is 0.353 e. The molecule has 0 spiro atoms. The van der Waals surface area contributed by atoms with Crippen molar-refractivity contribution in [3.63, 3.8) is 0 Å². The van der Waals surface area contributed by atoms with E-state index in [4.69, 9.17) is 0 Å². The average molecular weight is 280 g/mol. The number of nitrogens with one attached hydrogen (secondary N) is 2. The highest BCUT2D eigenvalue weighted by atomic mass is 32.1. The molecule has 1 unspecified atom stereocenters. The molecule has 1 amide bonds. The maximum atomic E-state index is 11.8. The zero-order chi connectivity index (χ0) is 14.0. The quantitative estimate of drug-likeness (QED) is 0.876. The fraction of sp³-hybridized carbons (Fsp3) is 0.538. The van der Waals surface area contributed by atoms with Gasteiger partial charge >= 0.3 is 0 Å². The smallest absolute Gasteiger partial charge is 0.237 e. The van der Waals surface area contributed by atoms with Gasteiger partial charge in [0.05, 0.1) is 17.4 Å². The number of imidazole rings is 1. The van der Waals surface area contributed by atoms with Gasteiger partial charge in [-0.25, -0.2) is 4.98 Å². The van der Waals surface area contributed by atoms with Crippen molar-refractivity contribution in [1.82, 2.24) is 20.0 Å². The van der Waals surface area contributed by atoms with Crippen molar-refractivity contribution in [1.29, 1.82) is 0 Å². The van der Waals surface area contributed by atoms with Gasteiger partial charge in [0.2, 0.25) is 5.91 Å². The first-order chi connectivity index (χ1) is 8.99. The van der Waals surface area contributed by atoms with Crippen LogP contribution in [0.4, 0.5) is 0 Å². The van der Waals surface area contributed by atoms with Gasteiger partial charge in [0, 0.05) is 24.2 Å². The third-order valence-corrected chi connectivity index (χ3v) is 3.72. The van der Waals surface area contributed by atoms with Crippen molar-refractivity contribution in [2.24, 2.45) is 0 Å². The molecule has 0 aliphatic heterocycles. The van der Waals surface area contributed by atoms with Crippen LogP contribution in [-0.2, 0) is 11.3 Å². The number of aromatic nitrogens is 2. The molecule has 104 valence electrons. The molecule has 0 aromatic carbocycles. The van der Waals surface area contributed by atoms with Gasteiger partial charge in [0.1, 0.15) is 0 Å². The van der Waals surface area contributed by atoms with Gasteiger partial charge in [0.25, 0.3) is 0 Å². The lowest BCUT2D eigenvalue weighted by Crippen LogP contribution is -2.44. The molecule has 0 saturated carbocycles. The molecule has 1 atom stereocenters. The summed E-state index contributed by atoms with van der Waals surface area (Å²) in [6, 6.07) is -0.0528. The van der Waals surface area contributed by atoms with E-state index in [0.29, 0.717) is 6.54 Å². The molecule has 2 heterocycles. The van der Waals surface area contributed by atoms with Crippen LogP contribution in [0.2, 0.25) is 0 Å². The molecule has 0 fully saturated rings. The predicted molar refractivity (Wildman–Crippen MR) is 77.4 cm³/mol. The van der Waals surface area contributed by atoms with Crippen LogP contribution in [-0.4, -0.2) is 27.4 Å². The Balaban J connectivity index is 2.00. The number of amides is 1. The minimum atomic E-state index is -0.217. The number of fused-ring (bicyclic) bond motifs is 1. The minimum absolute atomic E-state index is 0.0266. The predicted octanol–water partition coefficient (Wildman–Crippen LogP) is 1.71. The SMILES string of the molecule is Cc1nc2sccn2c1CNC(C)C(=O)NC(C)C. The van der Waals surface area contributed by atoms with Gasteiger partial charge < -0.3 is 10.6 Å². The average Bonchev–Trinajstić information content (AvgIpc) is 2.86. The Kier molecular flexibility index (Phi) is 4.21. The Morgan fingerprint density at radius 3 is 2.89 bits per heavy atom. The number of carbonyl (C=O) groups excluding carboxylic acids is 1. The van der Waals surface area contributed by atoms with Crippen molar-refractivity contribution in [3.8, 4) is 0 Å².